The molecule has 0 radical (unpaired) electrons. The summed E-state index contributed by atoms with van der Waals surface area (Å²) >= 11 is 1.49. The number of anilines is 1. The van der Waals surface area contributed by atoms with Crippen molar-refractivity contribution >= 4 is 22.2 Å². The standard InChI is InChI=1S/C9H14N2OS/c1-3-6-5-7(8(10)13-6)9(12)11-4-2/h5H,3-4,10H2,1-2H3,(H,11,12). The predicted molar refractivity (Wildman–Crippen MR) is 56.1 cm³/mol. The molecule has 0 fully saturated rings. The van der Waals surface area contributed by atoms with Gasteiger partial charge in [0.2, 0.25) is 0 Å². The smallest absolute Gasteiger partial charge is 0.254 e. The fourth-order valence-corrected chi connectivity index (χ4v) is 1.93. The van der Waals surface area contributed by atoms with Gasteiger partial charge in [-0.25, -0.2) is 0 Å². The first kappa shape index (κ1) is 10.1. The van der Waals surface area contributed by atoms with E-state index in [2.05, 4.69) is 5.32 Å². The van der Waals surface area contributed by atoms with Crippen LogP contribution in [0.25, 0.3) is 0 Å². The maximum absolute atomic E-state index is 11.4. The fraction of sp³-hybridized carbons (Fsp3) is 0.444. The molecule has 1 aromatic heterocycles. The van der Waals surface area contributed by atoms with Crippen molar-refractivity contribution < 1.29 is 4.79 Å². The lowest BCUT2D eigenvalue weighted by Crippen LogP contribution is -2.22. The van der Waals surface area contributed by atoms with E-state index in [0.29, 0.717) is 17.1 Å². The lowest BCUT2D eigenvalue weighted by Gasteiger charge is -1.99. The van der Waals surface area contributed by atoms with Gasteiger partial charge in [-0.05, 0) is 19.4 Å². The average molecular weight is 198 g/mol. The zero-order valence-electron chi connectivity index (χ0n) is 7.89. The first-order chi connectivity index (χ1) is 6.19. The Morgan fingerprint density at radius 1 is 1.62 bits per heavy atom. The number of nitrogen functional groups attached to an aromatic ring is 1. The molecule has 3 N–H and O–H groups in total. The summed E-state index contributed by atoms with van der Waals surface area (Å²) < 4.78 is 0. The number of nitrogens with two attached hydrogens (primary N) is 1. The van der Waals surface area contributed by atoms with Gasteiger partial charge in [-0.2, -0.15) is 0 Å². The highest BCUT2D eigenvalue weighted by Crippen LogP contribution is 2.24. The third-order valence-electron chi connectivity index (χ3n) is 1.74. The quantitative estimate of drug-likeness (QED) is 0.775. The third-order valence-corrected chi connectivity index (χ3v) is 2.85. The van der Waals surface area contributed by atoms with Crippen LogP contribution in [0.15, 0.2) is 6.07 Å². The second-order valence-corrected chi connectivity index (χ2v) is 3.87. The van der Waals surface area contributed by atoms with Crippen LogP contribution in [0.3, 0.4) is 0 Å². The zero-order chi connectivity index (χ0) is 9.84. The van der Waals surface area contributed by atoms with Gasteiger partial charge in [0.05, 0.1) is 10.6 Å². The molecule has 0 saturated carbocycles. The van der Waals surface area contributed by atoms with Crippen LogP contribution < -0.4 is 11.1 Å². The second kappa shape index (κ2) is 4.28. The number of rotatable bonds is 3. The highest BCUT2D eigenvalue weighted by molar-refractivity contribution is 7.16. The maximum atomic E-state index is 11.4. The Kier molecular flexibility index (Phi) is 3.31. The SMILES string of the molecule is CCNC(=O)c1cc(CC)sc1N. The average Bonchev–Trinajstić information content (AvgIpc) is 2.47. The Bertz CT molecular complexity index is 307. The Hall–Kier alpha value is -1.03. The van der Waals surface area contributed by atoms with E-state index in [0.717, 1.165) is 11.3 Å². The van der Waals surface area contributed by atoms with E-state index in [4.69, 9.17) is 5.73 Å². The molecule has 1 aromatic rings. The van der Waals surface area contributed by atoms with Gasteiger partial charge in [0.15, 0.2) is 0 Å². The number of hydrogen-bond acceptors (Lipinski definition) is 3. The van der Waals surface area contributed by atoms with Gasteiger partial charge in [0.25, 0.3) is 5.91 Å². The molecule has 0 saturated heterocycles. The summed E-state index contributed by atoms with van der Waals surface area (Å²) in [6.45, 7) is 4.57. The van der Waals surface area contributed by atoms with Gasteiger partial charge in [0.1, 0.15) is 0 Å². The van der Waals surface area contributed by atoms with Gasteiger partial charge in [0, 0.05) is 11.4 Å². The molecule has 1 heterocycles. The maximum Gasteiger partial charge on any atom is 0.254 e. The summed E-state index contributed by atoms with van der Waals surface area (Å²) in [5, 5.41) is 3.34. The first-order valence-corrected chi connectivity index (χ1v) is 5.17. The topological polar surface area (TPSA) is 55.1 Å². The molecule has 0 aliphatic rings. The van der Waals surface area contributed by atoms with Crippen LogP contribution in [0, 0.1) is 0 Å². The minimum atomic E-state index is -0.0732. The number of aryl methyl sites for hydroxylation is 1. The number of nitrogens with one attached hydrogen (secondary N) is 1. The number of carbonyl (C=O) groups excluding carboxylic acids is 1. The van der Waals surface area contributed by atoms with Gasteiger partial charge >= 0.3 is 0 Å². The summed E-state index contributed by atoms with van der Waals surface area (Å²) in [6, 6.07) is 1.87. The van der Waals surface area contributed by atoms with Crippen molar-refractivity contribution in [2.75, 3.05) is 12.3 Å². The molecular formula is C9H14N2OS. The van der Waals surface area contributed by atoms with Crippen LogP contribution in [-0.2, 0) is 6.42 Å². The van der Waals surface area contributed by atoms with E-state index < -0.39 is 0 Å². The molecular weight excluding hydrogens is 184 g/mol. The first-order valence-electron chi connectivity index (χ1n) is 4.35. The van der Waals surface area contributed by atoms with Crippen molar-refractivity contribution in [3.05, 3.63) is 16.5 Å². The van der Waals surface area contributed by atoms with Crippen molar-refractivity contribution in [1.29, 1.82) is 0 Å². The molecule has 0 unspecified atom stereocenters. The van der Waals surface area contributed by atoms with Gasteiger partial charge in [-0.15, -0.1) is 11.3 Å². The molecule has 1 rings (SSSR count). The highest BCUT2D eigenvalue weighted by atomic mass is 32.1. The fourth-order valence-electron chi connectivity index (χ4n) is 1.07. The number of amides is 1. The molecule has 72 valence electrons. The molecule has 4 heteroatoms. The molecule has 3 nitrogen and oxygen atoms in total. The van der Waals surface area contributed by atoms with Crippen LogP contribution in [0.2, 0.25) is 0 Å². The Morgan fingerprint density at radius 2 is 2.31 bits per heavy atom. The van der Waals surface area contributed by atoms with Gasteiger partial charge < -0.3 is 11.1 Å². The minimum absolute atomic E-state index is 0.0732. The van der Waals surface area contributed by atoms with Crippen molar-refractivity contribution in [2.45, 2.75) is 20.3 Å². The number of thiophene rings is 1. The zero-order valence-corrected chi connectivity index (χ0v) is 8.70. The van der Waals surface area contributed by atoms with Crippen LogP contribution in [0.1, 0.15) is 29.1 Å². The number of hydrogen-bond donors (Lipinski definition) is 2. The summed E-state index contributed by atoms with van der Waals surface area (Å²) in [7, 11) is 0. The Balaban J connectivity index is 2.87. The van der Waals surface area contributed by atoms with Crippen molar-refractivity contribution in [3.63, 3.8) is 0 Å². The van der Waals surface area contributed by atoms with E-state index in [9.17, 15) is 4.79 Å². The molecule has 13 heavy (non-hydrogen) atoms. The van der Waals surface area contributed by atoms with E-state index in [1.54, 1.807) is 0 Å². The van der Waals surface area contributed by atoms with E-state index in [1.165, 1.54) is 11.3 Å². The highest BCUT2D eigenvalue weighted by Gasteiger charge is 2.11. The number of carbonyl (C=O) groups is 1. The molecule has 0 aliphatic heterocycles. The summed E-state index contributed by atoms with van der Waals surface area (Å²) in [4.78, 5) is 12.6. The van der Waals surface area contributed by atoms with E-state index in [1.807, 2.05) is 19.9 Å². The lowest BCUT2D eigenvalue weighted by molar-refractivity contribution is 0.0957. The molecule has 0 aliphatic carbocycles. The Morgan fingerprint density at radius 3 is 2.77 bits per heavy atom. The van der Waals surface area contributed by atoms with E-state index >= 15 is 0 Å². The summed E-state index contributed by atoms with van der Waals surface area (Å²) in [6.07, 6.45) is 0.925. The molecule has 0 aromatic carbocycles. The molecule has 0 bridgehead atoms. The van der Waals surface area contributed by atoms with E-state index in [-0.39, 0.29) is 5.91 Å². The van der Waals surface area contributed by atoms with Crippen LogP contribution in [0.4, 0.5) is 5.00 Å². The molecule has 0 spiro atoms. The third kappa shape index (κ3) is 2.21. The largest absolute Gasteiger partial charge is 0.390 e. The van der Waals surface area contributed by atoms with Crippen LogP contribution in [0.5, 0.6) is 0 Å². The van der Waals surface area contributed by atoms with Crippen LogP contribution in [-0.4, -0.2) is 12.5 Å². The van der Waals surface area contributed by atoms with Crippen molar-refractivity contribution in [2.24, 2.45) is 0 Å². The van der Waals surface area contributed by atoms with Gasteiger partial charge in [-0.1, -0.05) is 6.92 Å². The second-order valence-electron chi connectivity index (χ2n) is 2.70. The van der Waals surface area contributed by atoms with Crippen molar-refractivity contribution in [3.8, 4) is 0 Å². The predicted octanol–water partition coefficient (Wildman–Crippen LogP) is 1.64. The minimum Gasteiger partial charge on any atom is -0.390 e. The van der Waals surface area contributed by atoms with Crippen molar-refractivity contribution in [1.82, 2.24) is 5.32 Å². The molecule has 1 amide bonds. The lowest BCUT2D eigenvalue weighted by atomic mass is 10.2. The van der Waals surface area contributed by atoms with Crippen LogP contribution >= 0.6 is 11.3 Å². The summed E-state index contributed by atoms with van der Waals surface area (Å²) in [5.74, 6) is -0.0732. The van der Waals surface area contributed by atoms with Gasteiger partial charge in [-0.3, -0.25) is 4.79 Å². The summed E-state index contributed by atoms with van der Waals surface area (Å²) in [5.41, 5.74) is 6.32. The Labute approximate surface area is 81.9 Å². The molecule has 0 atom stereocenters. The monoisotopic (exact) mass is 198 g/mol. The normalized spacial score (nSPS) is 10.0.